The zero-order chi connectivity index (χ0) is 11.3. The van der Waals surface area contributed by atoms with Gasteiger partial charge in [0.1, 0.15) is 5.82 Å². The van der Waals surface area contributed by atoms with Gasteiger partial charge in [-0.1, -0.05) is 19.9 Å². The molecule has 4 nitrogen and oxygen atoms in total. The Morgan fingerprint density at radius 1 is 1.47 bits per heavy atom. The Morgan fingerprint density at radius 3 is 2.80 bits per heavy atom. The lowest BCUT2D eigenvalue weighted by Gasteiger charge is -2.18. The molecule has 0 aliphatic rings. The molecule has 15 heavy (non-hydrogen) atoms. The SMILES string of the molecule is CC(C)CN(C)Cc1cccc(NN)n1. The summed E-state index contributed by atoms with van der Waals surface area (Å²) in [7, 11) is 2.10. The first-order valence-electron chi connectivity index (χ1n) is 5.23. The molecule has 1 aromatic heterocycles. The molecule has 4 heteroatoms. The van der Waals surface area contributed by atoms with Gasteiger partial charge >= 0.3 is 0 Å². The average molecular weight is 208 g/mol. The normalized spacial score (nSPS) is 11.1. The van der Waals surface area contributed by atoms with Crippen LogP contribution in [0.15, 0.2) is 18.2 Å². The topological polar surface area (TPSA) is 54.2 Å². The van der Waals surface area contributed by atoms with Crippen molar-refractivity contribution < 1.29 is 0 Å². The van der Waals surface area contributed by atoms with Gasteiger partial charge in [0.05, 0.1) is 5.69 Å². The van der Waals surface area contributed by atoms with E-state index in [9.17, 15) is 0 Å². The zero-order valence-electron chi connectivity index (χ0n) is 9.70. The van der Waals surface area contributed by atoms with Crippen LogP contribution in [0.4, 0.5) is 5.82 Å². The summed E-state index contributed by atoms with van der Waals surface area (Å²) in [6.45, 7) is 6.35. The van der Waals surface area contributed by atoms with E-state index >= 15 is 0 Å². The maximum absolute atomic E-state index is 5.30. The Hall–Kier alpha value is -1.13. The summed E-state index contributed by atoms with van der Waals surface area (Å²) in [5, 5.41) is 0. The number of aromatic nitrogens is 1. The van der Waals surface area contributed by atoms with E-state index < -0.39 is 0 Å². The van der Waals surface area contributed by atoms with E-state index in [1.165, 1.54) is 0 Å². The van der Waals surface area contributed by atoms with E-state index in [2.05, 4.69) is 36.2 Å². The lowest BCUT2D eigenvalue weighted by molar-refractivity contribution is 0.285. The Bertz CT molecular complexity index is 298. The van der Waals surface area contributed by atoms with Crippen LogP contribution < -0.4 is 11.3 Å². The number of anilines is 1. The molecule has 1 aromatic rings. The Kier molecular flexibility index (Phi) is 4.52. The summed E-state index contributed by atoms with van der Waals surface area (Å²) < 4.78 is 0. The van der Waals surface area contributed by atoms with Gasteiger partial charge < -0.3 is 10.3 Å². The van der Waals surface area contributed by atoms with Gasteiger partial charge in [-0.3, -0.25) is 0 Å². The Morgan fingerprint density at radius 2 is 2.20 bits per heavy atom. The third kappa shape index (κ3) is 4.27. The maximum atomic E-state index is 5.30. The van der Waals surface area contributed by atoms with Gasteiger partial charge in [0.2, 0.25) is 0 Å². The van der Waals surface area contributed by atoms with Crippen molar-refractivity contribution in [2.45, 2.75) is 20.4 Å². The summed E-state index contributed by atoms with van der Waals surface area (Å²) >= 11 is 0. The smallest absolute Gasteiger partial charge is 0.140 e. The van der Waals surface area contributed by atoms with Gasteiger partial charge in [-0.2, -0.15) is 0 Å². The standard InChI is InChI=1S/C11H20N4/c1-9(2)7-15(3)8-10-5-4-6-11(13-10)14-12/h4-6,9H,7-8,12H2,1-3H3,(H,13,14). The highest BCUT2D eigenvalue weighted by Crippen LogP contribution is 2.06. The molecule has 0 atom stereocenters. The van der Waals surface area contributed by atoms with E-state index in [4.69, 9.17) is 5.84 Å². The highest BCUT2D eigenvalue weighted by molar-refractivity contribution is 5.33. The van der Waals surface area contributed by atoms with Crippen molar-refractivity contribution in [1.29, 1.82) is 0 Å². The van der Waals surface area contributed by atoms with E-state index in [1.807, 2.05) is 18.2 Å². The van der Waals surface area contributed by atoms with Crippen LogP contribution in [0.25, 0.3) is 0 Å². The van der Waals surface area contributed by atoms with Gasteiger partial charge in [0.25, 0.3) is 0 Å². The largest absolute Gasteiger partial charge is 0.308 e. The minimum Gasteiger partial charge on any atom is -0.308 e. The zero-order valence-corrected chi connectivity index (χ0v) is 9.70. The number of nitrogens with zero attached hydrogens (tertiary/aromatic N) is 2. The Labute approximate surface area is 91.5 Å². The summed E-state index contributed by atoms with van der Waals surface area (Å²) in [6.07, 6.45) is 0. The molecule has 0 bridgehead atoms. The fraction of sp³-hybridized carbons (Fsp3) is 0.545. The van der Waals surface area contributed by atoms with Gasteiger partial charge in [-0.05, 0) is 25.1 Å². The summed E-state index contributed by atoms with van der Waals surface area (Å²) in [5.41, 5.74) is 3.59. The molecule has 0 unspecified atom stereocenters. The number of nitrogens with one attached hydrogen (secondary N) is 1. The second-order valence-corrected chi connectivity index (χ2v) is 4.25. The molecule has 1 heterocycles. The summed E-state index contributed by atoms with van der Waals surface area (Å²) in [5.74, 6) is 6.69. The molecule has 3 N–H and O–H groups in total. The van der Waals surface area contributed by atoms with Crippen molar-refractivity contribution in [2.75, 3.05) is 19.0 Å². The molecular formula is C11H20N4. The van der Waals surface area contributed by atoms with Gasteiger partial charge in [-0.15, -0.1) is 0 Å². The van der Waals surface area contributed by atoms with Crippen molar-refractivity contribution in [3.05, 3.63) is 23.9 Å². The first-order chi connectivity index (χ1) is 7.11. The van der Waals surface area contributed by atoms with Gasteiger partial charge in [0, 0.05) is 13.1 Å². The van der Waals surface area contributed by atoms with Gasteiger partial charge in [0.15, 0.2) is 0 Å². The highest BCUT2D eigenvalue weighted by Gasteiger charge is 2.04. The minimum absolute atomic E-state index is 0.672. The van der Waals surface area contributed by atoms with Crippen LogP contribution in [0.1, 0.15) is 19.5 Å². The van der Waals surface area contributed by atoms with E-state index in [-0.39, 0.29) is 0 Å². The first-order valence-corrected chi connectivity index (χ1v) is 5.23. The fourth-order valence-electron chi connectivity index (χ4n) is 1.61. The molecule has 0 saturated heterocycles. The maximum Gasteiger partial charge on any atom is 0.140 e. The first kappa shape index (κ1) is 11.9. The van der Waals surface area contributed by atoms with Crippen LogP contribution in [0.5, 0.6) is 0 Å². The average Bonchev–Trinajstić information content (AvgIpc) is 2.16. The van der Waals surface area contributed by atoms with E-state index in [0.717, 1.165) is 18.8 Å². The lowest BCUT2D eigenvalue weighted by atomic mass is 10.2. The number of rotatable bonds is 5. The lowest BCUT2D eigenvalue weighted by Crippen LogP contribution is -2.23. The monoisotopic (exact) mass is 208 g/mol. The predicted octanol–water partition coefficient (Wildman–Crippen LogP) is 1.45. The van der Waals surface area contributed by atoms with Crippen molar-refractivity contribution >= 4 is 5.82 Å². The molecule has 84 valence electrons. The summed E-state index contributed by atoms with van der Waals surface area (Å²) in [4.78, 5) is 6.62. The molecule has 0 saturated carbocycles. The van der Waals surface area contributed by atoms with Crippen LogP contribution in [0.3, 0.4) is 0 Å². The van der Waals surface area contributed by atoms with E-state index in [0.29, 0.717) is 11.7 Å². The van der Waals surface area contributed by atoms with Crippen molar-refractivity contribution in [1.82, 2.24) is 9.88 Å². The van der Waals surface area contributed by atoms with Crippen molar-refractivity contribution in [3.8, 4) is 0 Å². The van der Waals surface area contributed by atoms with Crippen LogP contribution in [-0.2, 0) is 6.54 Å². The number of nitrogen functional groups attached to an aromatic ring is 1. The number of hydrogen-bond acceptors (Lipinski definition) is 4. The third-order valence-electron chi connectivity index (χ3n) is 2.06. The van der Waals surface area contributed by atoms with Gasteiger partial charge in [-0.25, -0.2) is 10.8 Å². The quantitative estimate of drug-likeness (QED) is 0.568. The van der Waals surface area contributed by atoms with E-state index in [1.54, 1.807) is 0 Å². The number of hydrogen-bond donors (Lipinski definition) is 2. The highest BCUT2D eigenvalue weighted by atomic mass is 15.2. The predicted molar refractivity (Wildman–Crippen MR) is 63.2 cm³/mol. The van der Waals surface area contributed by atoms with Crippen LogP contribution >= 0.6 is 0 Å². The molecule has 0 aromatic carbocycles. The second-order valence-electron chi connectivity index (χ2n) is 4.25. The second kappa shape index (κ2) is 5.68. The van der Waals surface area contributed by atoms with Crippen LogP contribution in [-0.4, -0.2) is 23.5 Å². The Balaban J connectivity index is 2.55. The molecular weight excluding hydrogens is 188 g/mol. The summed E-state index contributed by atoms with van der Waals surface area (Å²) in [6, 6.07) is 5.82. The molecule has 0 radical (unpaired) electrons. The molecule has 0 amide bonds. The van der Waals surface area contributed by atoms with Crippen LogP contribution in [0, 0.1) is 5.92 Å². The number of pyridine rings is 1. The third-order valence-corrected chi connectivity index (χ3v) is 2.06. The number of hydrazine groups is 1. The minimum atomic E-state index is 0.672. The molecule has 0 aliphatic heterocycles. The van der Waals surface area contributed by atoms with Crippen molar-refractivity contribution in [2.24, 2.45) is 11.8 Å². The number of nitrogens with two attached hydrogens (primary N) is 1. The van der Waals surface area contributed by atoms with Crippen LogP contribution in [0.2, 0.25) is 0 Å². The molecule has 0 fully saturated rings. The van der Waals surface area contributed by atoms with Crippen molar-refractivity contribution in [3.63, 3.8) is 0 Å². The molecule has 0 aliphatic carbocycles. The molecule has 0 spiro atoms. The fourth-order valence-corrected chi connectivity index (χ4v) is 1.61. The molecule has 1 rings (SSSR count).